The van der Waals surface area contributed by atoms with Crippen LogP contribution in [0.25, 0.3) is 0 Å². The Morgan fingerprint density at radius 1 is 1.19 bits per heavy atom. The molecule has 0 radical (unpaired) electrons. The molecule has 0 spiro atoms. The summed E-state index contributed by atoms with van der Waals surface area (Å²) >= 11 is 0. The maximum Gasteiger partial charge on any atom is 0.320 e. The van der Waals surface area contributed by atoms with Crippen LogP contribution in [0.1, 0.15) is 46.5 Å². The van der Waals surface area contributed by atoms with Gasteiger partial charge in [-0.25, -0.2) is 0 Å². The second-order valence-corrected chi connectivity index (χ2v) is 6.83. The monoisotopic (exact) mass is 372 g/mol. The lowest BCUT2D eigenvalue weighted by atomic mass is 10.0. The van der Waals surface area contributed by atoms with Gasteiger partial charge in [-0.1, -0.05) is 20.8 Å². The number of nitrogens with two attached hydrogens (primary N) is 2. The third-order valence-corrected chi connectivity index (χ3v) is 4.11. The number of carbonyl (C=O) groups excluding carboxylic acids is 1. The molecular formula is C17H32N4O5. The van der Waals surface area contributed by atoms with Crippen LogP contribution in [0, 0.1) is 11.8 Å². The molecule has 7 N–H and O–H groups in total. The Bertz CT molecular complexity index is 496. The first kappa shape index (κ1) is 24.0. The second kappa shape index (κ2) is 12.4. The van der Waals surface area contributed by atoms with Crippen molar-refractivity contribution in [1.82, 2.24) is 5.32 Å². The molecule has 1 aliphatic heterocycles. The number of hydrogen-bond acceptors (Lipinski definition) is 6. The molecule has 1 rings (SSSR count). The Morgan fingerprint density at radius 2 is 1.81 bits per heavy atom. The topological polar surface area (TPSA) is 168 Å². The fourth-order valence-corrected chi connectivity index (χ4v) is 2.16. The Morgan fingerprint density at radius 3 is 2.19 bits per heavy atom. The van der Waals surface area contributed by atoms with Crippen molar-refractivity contribution in [2.24, 2.45) is 28.3 Å². The maximum absolute atomic E-state index is 11.7. The van der Waals surface area contributed by atoms with Gasteiger partial charge in [-0.3, -0.25) is 19.4 Å². The van der Waals surface area contributed by atoms with E-state index in [9.17, 15) is 14.4 Å². The first-order valence-corrected chi connectivity index (χ1v) is 8.84. The molecule has 0 aliphatic carbocycles. The number of aliphatic carboxylic acids is 2. The van der Waals surface area contributed by atoms with Crippen molar-refractivity contribution in [2.75, 3.05) is 6.54 Å². The Labute approximate surface area is 154 Å². The van der Waals surface area contributed by atoms with E-state index in [0.29, 0.717) is 19.4 Å². The minimum absolute atomic E-state index is 0.0208. The summed E-state index contributed by atoms with van der Waals surface area (Å²) in [5, 5.41) is 19.6. The number of aliphatic imine (C=N–C) groups is 1. The zero-order valence-electron chi connectivity index (χ0n) is 15.7. The van der Waals surface area contributed by atoms with Crippen LogP contribution in [0.3, 0.4) is 0 Å². The molecule has 0 saturated heterocycles. The minimum atomic E-state index is -0.979. The van der Waals surface area contributed by atoms with E-state index < -0.39 is 24.0 Å². The quantitative estimate of drug-likeness (QED) is 0.360. The highest BCUT2D eigenvalue weighted by Crippen LogP contribution is 2.16. The van der Waals surface area contributed by atoms with Crippen LogP contribution in [0.5, 0.6) is 0 Å². The third-order valence-electron chi connectivity index (χ3n) is 4.11. The molecule has 0 unspecified atom stereocenters. The number of carboxylic acid groups (broad SMARTS) is 2. The molecular weight excluding hydrogens is 340 g/mol. The first-order valence-electron chi connectivity index (χ1n) is 8.84. The van der Waals surface area contributed by atoms with Crippen LogP contribution >= 0.6 is 0 Å². The third kappa shape index (κ3) is 9.47. The molecule has 1 aliphatic rings. The highest BCUT2D eigenvalue weighted by molar-refractivity contribution is 5.85. The smallest absolute Gasteiger partial charge is 0.320 e. The van der Waals surface area contributed by atoms with Gasteiger partial charge in [0.2, 0.25) is 5.91 Å². The van der Waals surface area contributed by atoms with Crippen molar-refractivity contribution in [2.45, 2.75) is 64.6 Å². The van der Waals surface area contributed by atoms with Crippen LogP contribution < -0.4 is 16.8 Å². The summed E-state index contributed by atoms with van der Waals surface area (Å²) in [6.45, 7) is 6.10. The summed E-state index contributed by atoms with van der Waals surface area (Å²) in [5.74, 6) is -1.66. The van der Waals surface area contributed by atoms with Crippen molar-refractivity contribution in [1.29, 1.82) is 0 Å². The zero-order chi connectivity index (χ0) is 20.3. The van der Waals surface area contributed by atoms with Crippen LogP contribution in [-0.2, 0) is 14.4 Å². The fourth-order valence-electron chi connectivity index (χ4n) is 2.16. The largest absolute Gasteiger partial charge is 0.480 e. The van der Waals surface area contributed by atoms with E-state index in [4.69, 9.17) is 21.7 Å². The number of amides is 1. The average molecular weight is 372 g/mol. The maximum atomic E-state index is 11.7. The summed E-state index contributed by atoms with van der Waals surface area (Å²) in [5.41, 5.74) is 10.5. The van der Waals surface area contributed by atoms with Gasteiger partial charge in [-0.2, -0.15) is 0 Å². The van der Waals surface area contributed by atoms with Crippen LogP contribution in [0.4, 0.5) is 0 Å². The number of rotatable bonds is 9. The van der Waals surface area contributed by atoms with Gasteiger partial charge in [-0.15, -0.1) is 0 Å². The second-order valence-electron chi connectivity index (χ2n) is 6.83. The summed E-state index contributed by atoms with van der Waals surface area (Å²) in [4.78, 5) is 36.3. The highest BCUT2D eigenvalue weighted by atomic mass is 16.4. The van der Waals surface area contributed by atoms with Gasteiger partial charge in [0, 0.05) is 12.8 Å². The summed E-state index contributed by atoms with van der Waals surface area (Å²) in [6.07, 6.45) is 4.50. The van der Waals surface area contributed by atoms with E-state index in [1.807, 2.05) is 6.92 Å². The zero-order valence-corrected chi connectivity index (χ0v) is 15.7. The average Bonchev–Trinajstić information content (AvgIpc) is 2.99. The van der Waals surface area contributed by atoms with E-state index in [2.05, 4.69) is 10.3 Å². The molecule has 0 aromatic rings. The van der Waals surface area contributed by atoms with Gasteiger partial charge in [-0.05, 0) is 37.5 Å². The van der Waals surface area contributed by atoms with Crippen molar-refractivity contribution < 1.29 is 24.6 Å². The van der Waals surface area contributed by atoms with E-state index >= 15 is 0 Å². The van der Waals surface area contributed by atoms with Crippen molar-refractivity contribution in [3.8, 4) is 0 Å². The Kier molecular flexibility index (Phi) is 11.4. The lowest BCUT2D eigenvalue weighted by Crippen LogP contribution is -2.36. The van der Waals surface area contributed by atoms with E-state index in [1.54, 1.807) is 20.1 Å². The van der Waals surface area contributed by atoms with Gasteiger partial charge >= 0.3 is 11.9 Å². The molecule has 9 nitrogen and oxygen atoms in total. The lowest BCUT2D eigenvalue weighted by molar-refractivity contribution is -0.140. The Balaban J connectivity index is 0.000000660. The Hall–Kier alpha value is -2.00. The molecule has 0 fully saturated rings. The molecule has 150 valence electrons. The van der Waals surface area contributed by atoms with Crippen LogP contribution in [-0.4, -0.2) is 58.9 Å². The molecule has 1 amide bonds. The number of nitrogens with one attached hydrogen (secondary N) is 1. The standard InChI is InChI=1S/C12H21N3O3.C5H11NO2/c1-8-5-7-14-10(8)11(16)15-6-3-2-4-9(13)12(17)18;1-3(2)4(6)5(7)8/h7-10H,2-6,13H2,1H3,(H,15,16)(H,17,18);3-4H,6H2,1-2H3,(H,7,8)/t8-,9+,10-;4-/m10/s1. The summed E-state index contributed by atoms with van der Waals surface area (Å²) < 4.78 is 0. The van der Waals surface area contributed by atoms with Gasteiger partial charge < -0.3 is 27.0 Å². The fraction of sp³-hybridized carbons (Fsp3) is 0.765. The number of carbonyl (C=O) groups is 3. The number of nitrogens with zero attached hydrogens (tertiary/aromatic N) is 1. The van der Waals surface area contributed by atoms with Crippen LogP contribution in [0.15, 0.2) is 4.99 Å². The van der Waals surface area contributed by atoms with Gasteiger partial charge in [0.05, 0.1) is 0 Å². The number of carboxylic acids is 2. The van der Waals surface area contributed by atoms with E-state index in [-0.39, 0.29) is 23.8 Å². The predicted molar refractivity (Wildman–Crippen MR) is 99.0 cm³/mol. The SMILES string of the molecule is CC(C)[C@H](N)C(=O)O.C[C@@H]1CC=N[C@H]1C(=O)NCCCC[C@H](N)C(=O)O. The molecule has 0 bridgehead atoms. The molecule has 0 aromatic carbocycles. The number of hydrogen-bond donors (Lipinski definition) is 5. The summed E-state index contributed by atoms with van der Waals surface area (Å²) in [6, 6.07) is -1.78. The molecule has 1 heterocycles. The van der Waals surface area contributed by atoms with E-state index in [0.717, 1.165) is 12.8 Å². The van der Waals surface area contributed by atoms with Crippen molar-refractivity contribution in [3.05, 3.63) is 0 Å². The summed E-state index contributed by atoms with van der Waals surface area (Å²) in [7, 11) is 0. The highest BCUT2D eigenvalue weighted by Gasteiger charge is 2.26. The normalized spacial score (nSPS) is 20.8. The van der Waals surface area contributed by atoms with Gasteiger partial charge in [0.25, 0.3) is 0 Å². The number of unbranched alkanes of at least 4 members (excludes halogenated alkanes) is 1. The van der Waals surface area contributed by atoms with Gasteiger partial charge in [0.15, 0.2) is 0 Å². The van der Waals surface area contributed by atoms with Crippen molar-refractivity contribution in [3.63, 3.8) is 0 Å². The molecule has 0 saturated carbocycles. The van der Waals surface area contributed by atoms with Crippen molar-refractivity contribution >= 4 is 24.1 Å². The van der Waals surface area contributed by atoms with Crippen LogP contribution in [0.2, 0.25) is 0 Å². The predicted octanol–water partition coefficient (Wildman–Crippen LogP) is 0.218. The molecule has 4 atom stereocenters. The molecule has 26 heavy (non-hydrogen) atoms. The first-order chi connectivity index (χ1) is 12.1. The van der Waals surface area contributed by atoms with E-state index in [1.165, 1.54) is 0 Å². The van der Waals surface area contributed by atoms with Gasteiger partial charge in [0.1, 0.15) is 18.1 Å². The minimum Gasteiger partial charge on any atom is -0.480 e. The lowest BCUT2D eigenvalue weighted by Gasteiger charge is -2.13. The molecule has 9 heteroatoms. The molecule has 0 aromatic heterocycles.